The summed E-state index contributed by atoms with van der Waals surface area (Å²) in [6.07, 6.45) is 1.70. The van der Waals surface area contributed by atoms with Gasteiger partial charge in [-0.15, -0.1) is 0 Å². The molecule has 2 atom stereocenters. The Hall–Kier alpha value is -1.15. The van der Waals surface area contributed by atoms with Crippen LogP contribution in [-0.2, 0) is 14.8 Å². The van der Waals surface area contributed by atoms with Crippen molar-refractivity contribution in [1.82, 2.24) is 10.0 Å². The Labute approximate surface area is 135 Å². The molecule has 0 bridgehead atoms. The highest BCUT2D eigenvalue weighted by Crippen LogP contribution is 2.22. The zero-order valence-corrected chi connectivity index (χ0v) is 14.0. The van der Waals surface area contributed by atoms with E-state index in [2.05, 4.69) is 14.8 Å². The van der Waals surface area contributed by atoms with Crippen molar-refractivity contribution < 1.29 is 17.9 Å². The van der Waals surface area contributed by atoms with Gasteiger partial charge in [-0.3, -0.25) is 0 Å². The van der Waals surface area contributed by atoms with E-state index in [9.17, 15) is 13.2 Å². The molecule has 22 heavy (non-hydrogen) atoms. The summed E-state index contributed by atoms with van der Waals surface area (Å²) in [4.78, 5) is 11.5. The van der Waals surface area contributed by atoms with Crippen LogP contribution < -0.4 is 10.0 Å². The van der Waals surface area contributed by atoms with Gasteiger partial charge in [-0.05, 0) is 44.5 Å². The standard InChI is InChI=1S/C14H19ClN2O4S/c1-9-13(4-3-7-16-9)17-22(19,20)10-5-6-11(12(15)8-10)14(18)21-2/h5-6,8-9,13,16-17H,3-4,7H2,1-2H3. The van der Waals surface area contributed by atoms with Gasteiger partial charge in [0.25, 0.3) is 0 Å². The van der Waals surface area contributed by atoms with Gasteiger partial charge in [-0.1, -0.05) is 11.6 Å². The average Bonchev–Trinajstić information content (AvgIpc) is 2.48. The van der Waals surface area contributed by atoms with Crippen molar-refractivity contribution in [2.45, 2.75) is 36.7 Å². The quantitative estimate of drug-likeness (QED) is 0.808. The topological polar surface area (TPSA) is 84.5 Å². The second-order valence-corrected chi connectivity index (χ2v) is 7.37. The van der Waals surface area contributed by atoms with Crippen LogP contribution in [0.1, 0.15) is 30.1 Å². The van der Waals surface area contributed by atoms with E-state index in [1.54, 1.807) is 0 Å². The van der Waals surface area contributed by atoms with Gasteiger partial charge in [0, 0.05) is 12.1 Å². The van der Waals surface area contributed by atoms with Crippen molar-refractivity contribution in [3.63, 3.8) is 0 Å². The number of piperidine rings is 1. The Bertz CT molecular complexity index is 663. The molecule has 0 radical (unpaired) electrons. The van der Waals surface area contributed by atoms with Crippen LogP contribution in [0.25, 0.3) is 0 Å². The van der Waals surface area contributed by atoms with Crippen LogP contribution in [0, 0.1) is 0 Å². The predicted octanol–water partition coefficient (Wildman–Crippen LogP) is 1.55. The number of halogens is 1. The summed E-state index contributed by atoms with van der Waals surface area (Å²) in [5.41, 5.74) is 0.135. The molecule has 2 N–H and O–H groups in total. The summed E-state index contributed by atoms with van der Waals surface area (Å²) in [5.74, 6) is -0.605. The number of hydrogen-bond acceptors (Lipinski definition) is 5. The third-order valence-electron chi connectivity index (χ3n) is 3.72. The Balaban J connectivity index is 2.22. The van der Waals surface area contributed by atoms with Crippen LogP contribution in [0.2, 0.25) is 5.02 Å². The first-order chi connectivity index (χ1) is 10.3. The number of sulfonamides is 1. The maximum Gasteiger partial charge on any atom is 0.339 e. The van der Waals surface area contributed by atoms with Crippen molar-refractivity contribution in [3.8, 4) is 0 Å². The minimum atomic E-state index is -3.69. The van der Waals surface area contributed by atoms with Crippen LogP contribution in [0.5, 0.6) is 0 Å². The van der Waals surface area contributed by atoms with Gasteiger partial charge in [0.2, 0.25) is 10.0 Å². The summed E-state index contributed by atoms with van der Waals surface area (Å²) in [5, 5.41) is 3.28. The molecule has 0 aromatic heterocycles. The Morgan fingerprint density at radius 1 is 1.45 bits per heavy atom. The van der Waals surface area contributed by atoms with Crippen molar-refractivity contribution in [3.05, 3.63) is 28.8 Å². The van der Waals surface area contributed by atoms with Gasteiger partial charge >= 0.3 is 5.97 Å². The molecule has 1 heterocycles. The Kier molecular flexibility index (Phi) is 5.44. The van der Waals surface area contributed by atoms with Gasteiger partial charge in [0.15, 0.2) is 0 Å². The molecule has 1 saturated heterocycles. The molecule has 1 aromatic rings. The lowest BCUT2D eigenvalue weighted by atomic mass is 10.0. The zero-order valence-electron chi connectivity index (χ0n) is 12.4. The number of nitrogens with one attached hydrogen (secondary N) is 2. The first kappa shape index (κ1) is 17.2. The molecule has 1 aliphatic heterocycles. The lowest BCUT2D eigenvalue weighted by Gasteiger charge is -2.30. The maximum atomic E-state index is 12.4. The zero-order chi connectivity index (χ0) is 16.3. The van der Waals surface area contributed by atoms with E-state index in [0.29, 0.717) is 0 Å². The molecule has 1 fully saturated rings. The summed E-state index contributed by atoms with van der Waals surface area (Å²) >= 11 is 5.98. The summed E-state index contributed by atoms with van der Waals surface area (Å²) < 4.78 is 32.1. The molecule has 0 saturated carbocycles. The summed E-state index contributed by atoms with van der Waals surface area (Å²) in [6.45, 7) is 2.83. The molecule has 8 heteroatoms. The van der Waals surface area contributed by atoms with Gasteiger partial charge in [-0.25, -0.2) is 17.9 Å². The molecule has 1 aliphatic rings. The first-order valence-electron chi connectivity index (χ1n) is 6.98. The lowest BCUT2D eigenvalue weighted by Crippen LogP contribution is -2.51. The number of benzene rings is 1. The van der Waals surface area contributed by atoms with Gasteiger partial charge < -0.3 is 10.1 Å². The molecule has 0 aliphatic carbocycles. The minimum Gasteiger partial charge on any atom is -0.465 e. The predicted molar refractivity (Wildman–Crippen MR) is 83.6 cm³/mol. The SMILES string of the molecule is COC(=O)c1ccc(S(=O)(=O)NC2CCCNC2C)cc1Cl. The Morgan fingerprint density at radius 3 is 2.77 bits per heavy atom. The largest absolute Gasteiger partial charge is 0.465 e. The van der Waals surface area contributed by atoms with Crippen LogP contribution in [-0.4, -0.2) is 40.1 Å². The molecule has 0 spiro atoms. The molecule has 0 amide bonds. The highest BCUT2D eigenvalue weighted by Gasteiger charge is 2.27. The maximum absolute atomic E-state index is 12.4. The molecular weight excluding hydrogens is 328 g/mol. The number of esters is 1. The van der Waals surface area contributed by atoms with Crippen molar-refractivity contribution >= 4 is 27.6 Å². The summed E-state index contributed by atoms with van der Waals surface area (Å²) in [6, 6.07) is 3.86. The Morgan fingerprint density at radius 2 is 2.18 bits per heavy atom. The molecular formula is C14H19ClN2O4S. The number of carbonyl (C=O) groups is 1. The highest BCUT2D eigenvalue weighted by atomic mass is 35.5. The minimum absolute atomic E-state index is 0.0305. The fourth-order valence-corrected chi connectivity index (χ4v) is 4.11. The second-order valence-electron chi connectivity index (χ2n) is 5.25. The number of hydrogen-bond donors (Lipinski definition) is 2. The van der Waals surface area contributed by atoms with Crippen molar-refractivity contribution in [2.75, 3.05) is 13.7 Å². The van der Waals surface area contributed by atoms with Crippen LogP contribution >= 0.6 is 11.6 Å². The number of carbonyl (C=O) groups excluding carboxylic acids is 1. The number of ether oxygens (including phenoxy) is 1. The average molecular weight is 347 g/mol. The molecule has 122 valence electrons. The van der Waals surface area contributed by atoms with Crippen molar-refractivity contribution in [1.29, 1.82) is 0 Å². The number of methoxy groups -OCH3 is 1. The lowest BCUT2D eigenvalue weighted by molar-refractivity contribution is 0.0601. The monoisotopic (exact) mass is 346 g/mol. The van der Waals surface area contributed by atoms with E-state index in [4.69, 9.17) is 11.6 Å². The van der Waals surface area contributed by atoms with E-state index in [-0.39, 0.29) is 27.6 Å². The van der Waals surface area contributed by atoms with E-state index in [0.717, 1.165) is 19.4 Å². The smallest absolute Gasteiger partial charge is 0.339 e. The van der Waals surface area contributed by atoms with Gasteiger partial charge in [-0.2, -0.15) is 0 Å². The molecule has 6 nitrogen and oxygen atoms in total. The third kappa shape index (κ3) is 3.78. The van der Waals surface area contributed by atoms with E-state index < -0.39 is 16.0 Å². The highest BCUT2D eigenvalue weighted by molar-refractivity contribution is 7.89. The van der Waals surface area contributed by atoms with Gasteiger partial charge in [0.05, 0.1) is 22.6 Å². The third-order valence-corrected chi connectivity index (χ3v) is 5.52. The van der Waals surface area contributed by atoms with Crippen LogP contribution in [0.15, 0.2) is 23.1 Å². The van der Waals surface area contributed by atoms with Crippen LogP contribution in [0.3, 0.4) is 0 Å². The molecule has 2 rings (SSSR count). The van der Waals surface area contributed by atoms with Gasteiger partial charge in [0.1, 0.15) is 0 Å². The molecule has 2 unspecified atom stereocenters. The fraction of sp³-hybridized carbons (Fsp3) is 0.500. The van der Waals surface area contributed by atoms with E-state index in [1.807, 2.05) is 6.92 Å². The van der Waals surface area contributed by atoms with E-state index >= 15 is 0 Å². The normalized spacial score (nSPS) is 22.3. The van der Waals surface area contributed by atoms with Crippen molar-refractivity contribution in [2.24, 2.45) is 0 Å². The van der Waals surface area contributed by atoms with E-state index in [1.165, 1.54) is 25.3 Å². The van der Waals surface area contributed by atoms with Crippen LogP contribution in [0.4, 0.5) is 0 Å². The second kappa shape index (κ2) is 6.95. The number of rotatable bonds is 4. The fourth-order valence-electron chi connectivity index (χ4n) is 2.41. The first-order valence-corrected chi connectivity index (χ1v) is 8.85. The molecule has 1 aromatic carbocycles. The summed E-state index contributed by atoms with van der Waals surface area (Å²) in [7, 11) is -2.45.